The largest absolute Gasteiger partial charge is 0.192 e. The molecule has 0 amide bonds. The fourth-order valence-electron chi connectivity index (χ4n) is 1.90. The fourth-order valence-corrected chi connectivity index (χ4v) is 1.90. The zero-order valence-corrected chi connectivity index (χ0v) is 9.88. The smallest absolute Gasteiger partial charge is 0.101 e. The molecule has 0 fully saturated rings. The van der Waals surface area contributed by atoms with Gasteiger partial charge in [-0.05, 0) is 24.0 Å². The van der Waals surface area contributed by atoms with Gasteiger partial charge in [-0.2, -0.15) is 10.5 Å². The van der Waals surface area contributed by atoms with Crippen LogP contribution in [0.2, 0.25) is 0 Å². The molecule has 0 radical (unpaired) electrons. The second kappa shape index (κ2) is 5.93. The molecular weight excluding hydrogens is 196 g/mol. The van der Waals surface area contributed by atoms with Gasteiger partial charge in [0, 0.05) is 0 Å². The number of hydrogen-bond donors (Lipinski definition) is 0. The van der Waals surface area contributed by atoms with Crippen LogP contribution >= 0.6 is 0 Å². The summed E-state index contributed by atoms with van der Waals surface area (Å²) in [5.74, 6) is 0. The summed E-state index contributed by atoms with van der Waals surface area (Å²) < 4.78 is 0. The molecule has 0 spiro atoms. The lowest BCUT2D eigenvalue weighted by atomic mass is 9.93. The van der Waals surface area contributed by atoms with Crippen LogP contribution in [0.1, 0.15) is 48.9 Å². The lowest BCUT2D eigenvalue weighted by molar-refractivity contribution is 0.897. The molecule has 0 saturated heterocycles. The molecule has 0 saturated carbocycles. The summed E-state index contributed by atoms with van der Waals surface area (Å²) in [6, 6.07) is 8.34. The highest BCUT2D eigenvalue weighted by molar-refractivity contribution is 5.54. The van der Waals surface area contributed by atoms with E-state index in [1.807, 2.05) is 12.1 Å². The van der Waals surface area contributed by atoms with Crippen LogP contribution in [0.4, 0.5) is 0 Å². The molecule has 2 nitrogen and oxygen atoms in total. The number of nitriles is 2. The van der Waals surface area contributed by atoms with Gasteiger partial charge in [0.05, 0.1) is 11.1 Å². The van der Waals surface area contributed by atoms with Gasteiger partial charge in [-0.3, -0.25) is 0 Å². The molecule has 2 heteroatoms. The first-order valence-electron chi connectivity index (χ1n) is 5.73. The van der Waals surface area contributed by atoms with Gasteiger partial charge in [-0.15, -0.1) is 0 Å². The summed E-state index contributed by atoms with van der Waals surface area (Å²) in [4.78, 5) is 0. The molecule has 1 aromatic rings. The molecule has 0 N–H and O–H groups in total. The molecule has 82 valence electrons. The monoisotopic (exact) mass is 212 g/mol. The lowest BCUT2D eigenvalue weighted by Crippen LogP contribution is -1.99. The predicted octanol–water partition coefficient (Wildman–Crippen LogP) is 3.33. The van der Waals surface area contributed by atoms with Crippen molar-refractivity contribution in [2.24, 2.45) is 0 Å². The Labute approximate surface area is 97.1 Å². The first-order valence-corrected chi connectivity index (χ1v) is 5.73. The van der Waals surface area contributed by atoms with Gasteiger partial charge in [-0.1, -0.05) is 38.8 Å². The van der Waals surface area contributed by atoms with E-state index in [0.29, 0.717) is 11.1 Å². The Morgan fingerprint density at radius 2 is 1.25 bits per heavy atom. The van der Waals surface area contributed by atoms with Gasteiger partial charge in [0.25, 0.3) is 0 Å². The fraction of sp³-hybridized carbons (Fsp3) is 0.429. The average molecular weight is 212 g/mol. The van der Waals surface area contributed by atoms with Crippen LogP contribution in [0, 0.1) is 22.7 Å². The van der Waals surface area contributed by atoms with E-state index in [1.165, 1.54) is 0 Å². The van der Waals surface area contributed by atoms with E-state index < -0.39 is 0 Å². The van der Waals surface area contributed by atoms with Crippen molar-refractivity contribution in [3.05, 3.63) is 34.4 Å². The molecule has 0 aliphatic heterocycles. The Morgan fingerprint density at radius 3 is 1.50 bits per heavy atom. The van der Waals surface area contributed by atoms with Crippen molar-refractivity contribution < 1.29 is 0 Å². The van der Waals surface area contributed by atoms with Crippen LogP contribution in [0.25, 0.3) is 0 Å². The molecule has 0 aliphatic rings. The third kappa shape index (κ3) is 2.41. The standard InChI is InChI=1S/C14H16N2/c1-3-5-11-7-8-12(6-4-2)14(10-16)13(11)9-15/h7-8H,3-6H2,1-2H3. The van der Waals surface area contributed by atoms with Crippen LogP contribution in [-0.2, 0) is 12.8 Å². The number of rotatable bonds is 4. The van der Waals surface area contributed by atoms with Crippen molar-refractivity contribution >= 4 is 0 Å². The summed E-state index contributed by atoms with van der Waals surface area (Å²) in [6.07, 6.45) is 3.72. The van der Waals surface area contributed by atoms with Crippen molar-refractivity contribution in [2.45, 2.75) is 39.5 Å². The van der Waals surface area contributed by atoms with Crippen molar-refractivity contribution in [3.63, 3.8) is 0 Å². The van der Waals surface area contributed by atoms with Gasteiger partial charge in [0.15, 0.2) is 0 Å². The molecule has 0 atom stereocenters. The molecule has 0 aliphatic carbocycles. The molecule has 1 aromatic carbocycles. The van der Waals surface area contributed by atoms with Gasteiger partial charge in [-0.25, -0.2) is 0 Å². The maximum atomic E-state index is 9.15. The van der Waals surface area contributed by atoms with Crippen LogP contribution in [0.3, 0.4) is 0 Å². The molecule has 1 rings (SSSR count). The number of hydrogen-bond acceptors (Lipinski definition) is 2. The summed E-state index contributed by atoms with van der Waals surface area (Å²) in [7, 11) is 0. The van der Waals surface area contributed by atoms with E-state index in [2.05, 4.69) is 26.0 Å². The summed E-state index contributed by atoms with van der Waals surface area (Å²) in [5.41, 5.74) is 3.16. The minimum Gasteiger partial charge on any atom is -0.192 e. The van der Waals surface area contributed by atoms with E-state index in [-0.39, 0.29) is 0 Å². The van der Waals surface area contributed by atoms with Crippen LogP contribution in [0.15, 0.2) is 12.1 Å². The highest BCUT2D eigenvalue weighted by atomic mass is 14.3. The number of nitrogens with zero attached hydrogens (tertiary/aromatic N) is 2. The Bertz CT molecular complexity index is 404. The van der Waals surface area contributed by atoms with Crippen molar-refractivity contribution in [2.75, 3.05) is 0 Å². The zero-order chi connectivity index (χ0) is 12.0. The second-order valence-corrected chi connectivity index (χ2v) is 3.86. The molecule has 16 heavy (non-hydrogen) atoms. The lowest BCUT2D eigenvalue weighted by Gasteiger charge is -2.08. The van der Waals surface area contributed by atoms with E-state index in [1.54, 1.807) is 0 Å². The maximum absolute atomic E-state index is 9.15. The minimum absolute atomic E-state index is 0.579. The highest BCUT2D eigenvalue weighted by Gasteiger charge is 2.11. The van der Waals surface area contributed by atoms with Crippen LogP contribution in [-0.4, -0.2) is 0 Å². The molecular formula is C14H16N2. The van der Waals surface area contributed by atoms with E-state index in [0.717, 1.165) is 36.8 Å². The first-order chi connectivity index (χ1) is 7.78. The molecule has 0 unspecified atom stereocenters. The molecule has 0 bridgehead atoms. The Balaban J connectivity index is 3.31. The predicted molar refractivity (Wildman–Crippen MR) is 63.9 cm³/mol. The summed E-state index contributed by atoms with van der Waals surface area (Å²) in [6.45, 7) is 4.15. The van der Waals surface area contributed by atoms with E-state index in [9.17, 15) is 0 Å². The topological polar surface area (TPSA) is 47.6 Å². The summed E-state index contributed by atoms with van der Waals surface area (Å²) in [5, 5.41) is 18.3. The number of aryl methyl sites for hydroxylation is 2. The Kier molecular flexibility index (Phi) is 4.55. The van der Waals surface area contributed by atoms with E-state index >= 15 is 0 Å². The molecule has 0 aromatic heterocycles. The SMILES string of the molecule is CCCc1ccc(CCC)c(C#N)c1C#N. The minimum atomic E-state index is 0.579. The summed E-state index contributed by atoms with van der Waals surface area (Å²) >= 11 is 0. The normalized spacial score (nSPS) is 9.50. The van der Waals surface area contributed by atoms with Crippen molar-refractivity contribution in [1.29, 1.82) is 10.5 Å². The van der Waals surface area contributed by atoms with Crippen LogP contribution in [0.5, 0.6) is 0 Å². The Morgan fingerprint density at radius 1 is 0.875 bits per heavy atom. The third-order valence-electron chi connectivity index (χ3n) is 2.64. The molecule has 0 heterocycles. The van der Waals surface area contributed by atoms with Gasteiger partial charge in [0.1, 0.15) is 12.1 Å². The Hall–Kier alpha value is -1.80. The van der Waals surface area contributed by atoms with Gasteiger partial charge < -0.3 is 0 Å². The van der Waals surface area contributed by atoms with Gasteiger partial charge >= 0.3 is 0 Å². The second-order valence-electron chi connectivity index (χ2n) is 3.86. The quantitative estimate of drug-likeness (QED) is 0.768. The van der Waals surface area contributed by atoms with E-state index in [4.69, 9.17) is 10.5 Å². The first kappa shape index (κ1) is 12.3. The highest BCUT2D eigenvalue weighted by Crippen LogP contribution is 2.20. The number of benzene rings is 1. The van der Waals surface area contributed by atoms with Crippen molar-refractivity contribution in [1.82, 2.24) is 0 Å². The third-order valence-corrected chi connectivity index (χ3v) is 2.64. The average Bonchev–Trinajstić information content (AvgIpc) is 2.31. The van der Waals surface area contributed by atoms with Crippen LogP contribution < -0.4 is 0 Å². The van der Waals surface area contributed by atoms with Gasteiger partial charge in [0.2, 0.25) is 0 Å². The maximum Gasteiger partial charge on any atom is 0.101 e. The van der Waals surface area contributed by atoms with Crippen molar-refractivity contribution in [3.8, 4) is 12.1 Å². The zero-order valence-electron chi connectivity index (χ0n) is 9.88.